The molecule has 12 heterocycles. The van der Waals surface area contributed by atoms with Gasteiger partial charge in [-0.2, -0.15) is 33.8 Å². The highest BCUT2D eigenvalue weighted by molar-refractivity contribution is 8.61. The van der Waals surface area contributed by atoms with Gasteiger partial charge in [0, 0.05) is 0 Å². The third-order valence-electron chi connectivity index (χ3n) is 4.06. The molecule has 27 heavy (non-hydrogen) atoms. The first-order chi connectivity index (χ1) is 12.5. The zero-order valence-electron chi connectivity index (χ0n) is 11.8. The largest absolute Gasteiger partial charge is 0.634 e. The van der Waals surface area contributed by atoms with Gasteiger partial charge in [0.05, 0.1) is 0 Å². The van der Waals surface area contributed by atoms with Crippen molar-refractivity contribution >= 4 is 50.5 Å². The maximum atomic E-state index is 12.6. The van der Waals surface area contributed by atoms with Gasteiger partial charge in [-0.25, -0.2) is 13.7 Å². The lowest BCUT2D eigenvalue weighted by atomic mass is 10.5. The Morgan fingerprint density at radius 1 is 0.852 bits per heavy atom. The number of phosphoric acid groups is 3. The Bertz CT molecular complexity index is 1410. The van der Waals surface area contributed by atoms with Crippen LogP contribution in [0.25, 0.3) is 11.2 Å². The molecule has 1 unspecified atom stereocenters. The number of imidazole rings is 1. The second-order valence-electron chi connectivity index (χ2n) is 5.73. The molecule has 0 saturated carbocycles. The van der Waals surface area contributed by atoms with Gasteiger partial charge >= 0.3 is 35.0 Å². The molecule has 1 spiro atoms. The fraction of sp³-hybridized carbons (Fsp3) is 0. The lowest BCUT2D eigenvalue weighted by molar-refractivity contribution is -0.0643. The second kappa shape index (κ2) is 3.06. The van der Waals surface area contributed by atoms with Gasteiger partial charge in [-0.3, -0.25) is 9.42 Å². The van der Waals surface area contributed by atoms with Crippen molar-refractivity contribution in [2.45, 2.75) is 0 Å². The van der Waals surface area contributed by atoms with Crippen molar-refractivity contribution in [3.8, 4) is 6.01 Å². The molecule has 2 aromatic heterocycles. The summed E-state index contributed by atoms with van der Waals surface area (Å²) in [6, 6.07) is -0.460. The van der Waals surface area contributed by atoms with Crippen molar-refractivity contribution in [2.24, 2.45) is 0 Å². The molecule has 4 saturated heterocycles. The first-order valence-corrected chi connectivity index (χ1v) is 13.1. The van der Waals surface area contributed by atoms with Gasteiger partial charge in [-0.05, 0) is 0 Å². The van der Waals surface area contributed by atoms with Crippen LogP contribution < -0.4 is 19.9 Å². The summed E-state index contributed by atoms with van der Waals surface area (Å²) >= 11 is 0. The zero-order valence-corrected chi connectivity index (χ0v) is 15.3. The Hall–Kier alpha value is -1.49. The van der Waals surface area contributed by atoms with Crippen molar-refractivity contribution in [1.29, 1.82) is 0 Å². The van der Waals surface area contributed by atoms with Crippen LogP contribution in [-0.2, 0) is 42.8 Å². The Morgan fingerprint density at radius 3 is 2.22 bits per heavy atom. The van der Waals surface area contributed by atoms with Crippen LogP contribution in [0.15, 0.2) is 4.79 Å². The normalized spacial score (nSPS) is 46.3. The number of nitrogens with zero attached hydrogens (tertiary/aromatic N) is 5. The molecule has 22 heteroatoms. The number of hydrogen-bond donors (Lipinski definition) is 0. The summed E-state index contributed by atoms with van der Waals surface area (Å²) in [4.78, 5) is 20.1. The number of anilines is 1. The fourth-order valence-electron chi connectivity index (χ4n) is 3.34. The summed E-state index contributed by atoms with van der Waals surface area (Å²) in [6.45, 7) is 0. The van der Waals surface area contributed by atoms with Crippen LogP contribution in [0.3, 0.4) is 0 Å². The lowest BCUT2D eigenvalue weighted by Crippen LogP contribution is -2.68. The topological polar surface area (TPSA) is 190 Å². The Morgan fingerprint density at radius 2 is 1.52 bits per heavy atom. The van der Waals surface area contributed by atoms with E-state index in [4.69, 9.17) is 38.2 Å². The molecular formula is C5N5O13P3S. The quantitative estimate of drug-likeness (QED) is 0.497. The van der Waals surface area contributed by atoms with Gasteiger partial charge in [0.1, 0.15) is 0 Å². The molecule has 0 aliphatic carbocycles. The van der Waals surface area contributed by atoms with Crippen LogP contribution in [0.4, 0.5) is 5.95 Å². The predicted molar refractivity (Wildman–Crippen MR) is 74.9 cm³/mol. The van der Waals surface area contributed by atoms with Crippen LogP contribution in [0.1, 0.15) is 0 Å². The average Bonchev–Trinajstić information content (AvgIpc) is 2.91. The van der Waals surface area contributed by atoms with Crippen molar-refractivity contribution in [3.05, 3.63) is 10.4 Å². The molecule has 1 atom stereocenters. The minimum Gasteiger partial charge on any atom is -0.355 e. The molecule has 10 aliphatic heterocycles. The highest BCUT2D eigenvalue weighted by Gasteiger charge is 3.08. The van der Waals surface area contributed by atoms with E-state index in [0.717, 1.165) is 0 Å². The van der Waals surface area contributed by atoms with Gasteiger partial charge in [-0.1, -0.05) is 5.23 Å². The summed E-state index contributed by atoms with van der Waals surface area (Å²) in [7, 11) is -18.8. The third-order valence-corrected chi connectivity index (χ3v) is 16.4. The van der Waals surface area contributed by atoms with E-state index in [1.807, 2.05) is 0 Å². The van der Waals surface area contributed by atoms with E-state index in [1.54, 1.807) is 0 Å². The van der Waals surface area contributed by atoms with Gasteiger partial charge in [0.2, 0.25) is 9.88 Å². The van der Waals surface area contributed by atoms with Crippen molar-refractivity contribution in [1.82, 2.24) is 18.7 Å². The van der Waals surface area contributed by atoms with Crippen LogP contribution >= 0.6 is 33.4 Å². The molecule has 0 N–H and O–H groups in total. The minimum absolute atomic E-state index is 0.154. The monoisotopic (exact) mass is 463 g/mol. The molecule has 18 nitrogen and oxygen atoms in total. The summed E-state index contributed by atoms with van der Waals surface area (Å²) in [5, 5.41) is 0.154. The van der Waals surface area contributed by atoms with Gasteiger partial charge < -0.3 is 4.52 Å². The highest BCUT2D eigenvalue weighted by atomic mass is 32.5. The van der Waals surface area contributed by atoms with Gasteiger partial charge in [0.15, 0.2) is 11.2 Å². The van der Waals surface area contributed by atoms with Crippen molar-refractivity contribution in [3.63, 3.8) is 0 Å². The second-order valence-corrected chi connectivity index (χ2v) is 14.5. The van der Waals surface area contributed by atoms with Crippen LogP contribution in [0.5, 0.6) is 6.01 Å². The zero-order chi connectivity index (χ0) is 18.3. The maximum Gasteiger partial charge on any atom is 0.634 e. The summed E-state index contributed by atoms with van der Waals surface area (Å²) in [6.07, 6.45) is 0. The molecule has 11 bridgehead atoms. The number of fused-ring (bicyclic) bond motifs is 1. The smallest absolute Gasteiger partial charge is 0.355 e. The molecular weight excluding hydrogens is 463 g/mol. The predicted octanol–water partition coefficient (Wildman–Crippen LogP) is 0.773. The van der Waals surface area contributed by atoms with Gasteiger partial charge in [-0.15, -0.1) is 14.0 Å². The fourth-order valence-corrected chi connectivity index (χ4v) is 17.1. The van der Waals surface area contributed by atoms with E-state index in [2.05, 4.69) is 9.97 Å². The number of hydrogen-bond acceptors (Lipinski definition) is 16. The summed E-state index contributed by atoms with van der Waals surface area (Å²) in [5.41, 5.74) is -1.80. The van der Waals surface area contributed by atoms with Gasteiger partial charge in [0.25, 0.3) is 5.95 Å². The van der Waals surface area contributed by atoms with E-state index in [-0.39, 0.29) is 5.23 Å². The maximum absolute atomic E-state index is 12.6. The van der Waals surface area contributed by atoms with E-state index < -0.39 is 62.0 Å². The lowest BCUT2D eigenvalue weighted by Gasteiger charge is -2.87. The molecule has 4 fully saturated rings. The molecule has 0 radical (unpaired) electrons. The Kier molecular flexibility index (Phi) is 1.64. The Balaban J connectivity index is 1.65. The van der Waals surface area contributed by atoms with E-state index >= 15 is 0 Å². The standard InChI is InChI=1S/C5N5O13P3S/c11-3-1-2-6-5-8(1)16-24(12,15-5)17-10-4(7-3)9(2)27(19-25(13,18-10)20-27)21-26(14,22-27)23-27. The number of aromatic nitrogens is 4. The van der Waals surface area contributed by atoms with E-state index in [1.165, 1.54) is 0 Å². The Labute approximate surface area is 143 Å². The molecule has 144 valence electrons. The first kappa shape index (κ1) is 14.5. The minimum atomic E-state index is -5.78. The average molecular weight is 463 g/mol. The summed E-state index contributed by atoms with van der Waals surface area (Å²) < 4.78 is 84.4. The molecule has 0 aromatic carbocycles. The van der Waals surface area contributed by atoms with Crippen LogP contribution in [-0.4, -0.2) is 18.7 Å². The molecule has 2 aromatic rings. The SMILES string of the molecule is O=c1nc2n3c4nc5n(c14)OP(=O)(O5)ON2OP1(=O)OS324(O1)OP(=O)(O2)O4. The first-order valence-electron chi connectivity index (χ1n) is 6.68. The van der Waals surface area contributed by atoms with Crippen molar-refractivity contribution in [2.75, 3.05) is 5.23 Å². The highest BCUT2D eigenvalue weighted by Crippen LogP contribution is 3.30. The van der Waals surface area contributed by atoms with Crippen molar-refractivity contribution < 1.29 is 51.9 Å². The molecule has 12 rings (SSSR count). The van der Waals surface area contributed by atoms with E-state index in [9.17, 15) is 18.5 Å². The third kappa shape index (κ3) is 1.14. The molecule has 0 amide bonds. The number of rotatable bonds is 0. The van der Waals surface area contributed by atoms with Crippen LogP contribution in [0.2, 0.25) is 0 Å². The van der Waals surface area contributed by atoms with E-state index in [0.29, 0.717) is 8.70 Å². The molecule has 10 aliphatic rings. The summed E-state index contributed by atoms with van der Waals surface area (Å²) in [5.74, 6) is -0.706. The van der Waals surface area contributed by atoms with Crippen LogP contribution in [0, 0.1) is 0 Å².